The average molecular weight is 329 g/mol. The number of nitrogens with zero attached hydrogens (tertiary/aromatic N) is 5. The summed E-state index contributed by atoms with van der Waals surface area (Å²) < 4.78 is 2.22. The molecule has 3 rings (SSSR count). The summed E-state index contributed by atoms with van der Waals surface area (Å²) in [5, 5.41) is 29.4. The second-order valence-electron chi connectivity index (χ2n) is 5.22. The highest BCUT2D eigenvalue weighted by atomic mass is 32.2. The largest absolute Gasteiger partial charge is 0.298 e. The first kappa shape index (κ1) is 15.1. The fraction of sp³-hybridized carbons (Fsp3) is 0.467. The van der Waals surface area contributed by atoms with Crippen LogP contribution in [0, 0.1) is 28.6 Å². The fourth-order valence-corrected chi connectivity index (χ4v) is 3.98. The summed E-state index contributed by atoms with van der Waals surface area (Å²) in [6, 6.07) is 8.96. The highest BCUT2D eigenvalue weighted by molar-refractivity contribution is 7.99. The normalized spacial score (nSPS) is 15.2. The third-order valence-electron chi connectivity index (χ3n) is 3.52. The topological polar surface area (TPSA) is 78.3 Å². The molecule has 0 unspecified atom stereocenters. The summed E-state index contributed by atoms with van der Waals surface area (Å²) in [7, 11) is 0. The van der Waals surface area contributed by atoms with Crippen molar-refractivity contribution in [2.45, 2.75) is 36.9 Å². The van der Waals surface area contributed by atoms with E-state index in [1.54, 1.807) is 23.1 Å². The van der Waals surface area contributed by atoms with Crippen LogP contribution in [-0.4, -0.2) is 20.5 Å². The summed E-state index contributed by atoms with van der Waals surface area (Å²) in [4.78, 5) is 1.13. The first-order valence-corrected chi connectivity index (χ1v) is 9.08. The van der Waals surface area contributed by atoms with Gasteiger partial charge in [-0.25, -0.2) is 0 Å². The molecule has 0 amide bonds. The van der Waals surface area contributed by atoms with Gasteiger partial charge in [0.2, 0.25) is 0 Å². The molecule has 22 heavy (non-hydrogen) atoms. The van der Waals surface area contributed by atoms with Gasteiger partial charge in [-0.3, -0.25) is 4.57 Å². The van der Waals surface area contributed by atoms with E-state index in [2.05, 4.69) is 33.0 Å². The van der Waals surface area contributed by atoms with Crippen molar-refractivity contribution in [3.8, 4) is 22.8 Å². The van der Waals surface area contributed by atoms with Crippen LogP contribution in [0.25, 0.3) is 10.7 Å². The van der Waals surface area contributed by atoms with E-state index in [0.717, 1.165) is 15.9 Å². The molecule has 0 saturated heterocycles. The molecule has 2 aromatic rings. The van der Waals surface area contributed by atoms with E-state index in [0.29, 0.717) is 24.6 Å². The van der Waals surface area contributed by atoms with Crippen LogP contribution in [0.2, 0.25) is 0 Å². The van der Waals surface area contributed by atoms with Crippen LogP contribution in [0.3, 0.4) is 0 Å². The molecular formula is C15H15N5S2. The van der Waals surface area contributed by atoms with Gasteiger partial charge in [-0.15, -0.1) is 21.5 Å². The molecule has 0 aliphatic heterocycles. The van der Waals surface area contributed by atoms with Crippen LogP contribution >= 0.6 is 23.1 Å². The Morgan fingerprint density at radius 1 is 1.41 bits per heavy atom. The molecule has 1 atom stereocenters. The Morgan fingerprint density at radius 2 is 2.27 bits per heavy atom. The van der Waals surface area contributed by atoms with Crippen LogP contribution in [0.5, 0.6) is 0 Å². The number of thioether (sulfide) groups is 1. The number of aromatic nitrogens is 3. The summed E-state index contributed by atoms with van der Waals surface area (Å²) in [5.74, 6) is 1.48. The number of hydrogen-bond acceptors (Lipinski definition) is 6. The molecule has 1 fully saturated rings. The molecule has 1 aliphatic carbocycles. The monoisotopic (exact) mass is 329 g/mol. The maximum absolute atomic E-state index is 9.16. The number of nitriles is 2. The van der Waals surface area contributed by atoms with Crippen molar-refractivity contribution in [2.75, 3.05) is 5.75 Å². The lowest BCUT2D eigenvalue weighted by atomic mass is 10.1. The Balaban J connectivity index is 1.74. The van der Waals surface area contributed by atoms with E-state index in [1.807, 2.05) is 11.4 Å². The van der Waals surface area contributed by atoms with Crippen LogP contribution < -0.4 is 0 Å². The molecule has 0 bridgehead atoms. The predicted octanol–water partition coefficient (Wildman–Crippen LogP) is 3.88. The molecule has 0 spiro atoms. The number of hydrogen-bond donors (Lipinski definition) is 0. The van der Waals surface area contributed by atoms with E-state index < -0.39 is 0 Å². The maximum Gasteiger partial charge on any atom is 0.191 e. The van der Waals surface area contributed by atoms with Gasteiger partial charge in [0.15, 0.2) is 11.0 Å². The smallest absolute Gasteiger partial charge is 0.191 e. The van der Waals surface area contributed by atoms with Crippen molar-refractivity contribution in [1.29, 1.82) is 10.5 Å². The molecule has 0 N–H and O–H groups in total. The summed E-state index contributed by atoms with van der Waals surface area (Å²) in [6.07, 6.45) is 3.38. The molecular weight excluding hydrogens is 314 g/mol. The van der Waals surface area contributed by atoms with Crippen molar-refractivity contribution in [3.05, 3.63) is 17.5 Å². The second kappa shape index (κ2) is 6.95. The standard InChI is InChI=1S/C15H15N5S2/c16-7-1-3-11(9-17)10-22-15-19-18-14(13-4-2-8-21-13)20(15)12-5-6-12/h2,4,8,11-12H,1,3,5-6,10H2/t11-/m0/s1. The van der Waals surface area contributed by atoms with E-state index in [1.165, 1.54) is 12.8 Å². The zero-order chi connectivity index (χ0) is 15.4. The second-order valence-corrected chi connectivity index (χ2v) is 7.15. The number of thiophene rings is 1. The van der Waals surface area contributed by atoms with Gasteiger partial charge in [-0.1, -0.05) is 17.8 Å². The zero-order valence-electron chi connectivity index (χ0n) is 12.0. The van der Waals surface area contributed by atoms with E-state index in [9.17, 15) is 0 Å². The van der Waals surface area contributed by atoms with Crippen molar-refractivity contribution >= 4 is 23.1 Å². The van der Waals surface area contributed by atoms with Gasteiger partial charge in [0.05, 0.1) is 22.9 Å². The Bertz CT molecular complexity index is 703. The van der Waals surface area contributed by atoms with E-state index in [4.69, 9.17) is 10.5 Å². The first-order chi connectivity index (χ1) is 10.8. The van der Waals surface area contributed by atoms with Gasteiger partial charge in [-0.05, 0) is 30.7 Å². The Labute approximate surface area is 137 Å². The first-order valence-electron chi connectivity index (χ1n) is 7.21. The molecule has 1 saturated carbocycles. The van der Waals surface area contributed by atoms with Crippen LogP contribution in [0.15, 0.2) is 22.7 Å². The third kappa shape index (κ3) is 3.32. The van der Waals surface area contributed by atoms with E-state index >= 15 is 0 Å². The maximum atomic E-state index is 9.16. The van der Waals surface area contributed by atoms with Gasteiger partial charge in [0, 0.05) is 18.2 Å². The Morgan fingerprint density at radius 3 is 2.91 bits per heavy atom. The predicted molar refractivity (Wildman–Crippen MR) is 86.3 cm³/mol. The quantitative estimate of drug-likeness (QED) is 0.720. The van der Waals surface area contributed by atoms with Gasteiger partial charge in [0.1, 0.15) is 0 Å². The molecule has 0 aromatic carbocycles. The van der Waals surface area contributed by atoms with Crippen molar-refractivity contribution in [3.63, 3.8) is 0 Å². The summed E-state index contributed by atoms with van der Waals surface area (Å²) in [6.45, 7) is 0. The van der Waals surface area contributed by atoms with Gasteiger partial charge >= 0.3 is 0 Å². The molecule has 2 heterocycles. The van der Waals surface area contributed by atoms with Crippen LogP contribution in [-0.2, 0) is 0 Å². The van der Waals surface area contributed by atoms with Gasteiger partial charge in [-0.2, -0.15) is 10.5 Å². The minimum atomic E-state index is -0.112. The summed E-state index contributed by atoms with van der Waals surface area (Å²) >= 11 is 3.25. The lowest BCUT2D eigenvalue weighted by Crippen LogP contribution is -2.03. The SMILES string of the molecule is N#CCC[C@@H](C#N)CSc1nnc(-c2cccs2)n1C1CC1. The summed E-state index contributed by atoms with van der Waals surface area (Å²) in [5.41, 5.74) is 0. The molecule has 2 aromatic heterocycles. The number of rotatable bonds is 7. The van der Waals surface area contributed by atoms with Gasteiger partial charge in [0.25, 0.3) is 0 Å². The minimum Gasteiger partial charge on any atom is -0.298 e. The molecule has 1 aliphatic rings. The molecule has 0 radical (unpaired) electrons. The molecule has 112 valence electrons. The van der Waals surface area contributed by atoms with Crippen LogP contribution in [0.1, 0.15) is 31.7 Å². The van der Waals surface area contributed by atoms with Gasteiger partial charge < -0.3 is 0 Å². The van der Waals surface area contributed by atoms with E-state index in [-0.39, 0.29) is 5.92 Å². The van der Waals surface area contributed by atoms with Crippen molar-refractivity contribution in [2.24, 2.45) is 5.92 Å². The lowest BCUT2D eigenvalue weighted by Gasteiger charge is -2.09. The molecule has 7 heteroatoms. The van der Waals surface area contributed by atoms with Crippen molar-refractivity contribution in [1.82, 2.24) is 14.8 Å². The highest BCUT2D eigenvalue weighted by Crippen LogP contribution is 2.42. The minimum absolute atomic E-state index is 0.112. The van der Waals surface area contributed by atoms with Crippen molar-refractivity contribution < 1.29 is 0 Å². The lowest BCUT2D eigenvalue weighted by molar-refractivity contribution is 0.659. The van der Waals surface area contributed by atoms with Crippen LogP contribution in [0.4, 0.5) is 0 Å². The Hall–Kier alpha value is -1.83. The average Bonchev–Trinajstić information content (AvgIpc) is 3.07. The Kier molecular flexibility index (Phi) is 4.77. The third-order valence-corrected chi connectivity index (χ3v) is 5.49. The fourth-order valence-electron chi connectivity index (χ4n) is 2.21. The zero-order valence-corrected chi connectivity index (χ0v) is 13.6. The highest BCUT2D eigenvalue weighted by Gasteiger charge is 2.30. The molecule has 5 nitrogen and oxygen atoms in total.